The van der Waals surface area contributed by atoms with Gasteiger partial charge < -0.3 is 9.30 Å². The van der Waals surface area contributed by atoms with Crippen molar-refractivity contribution in [1.29, 1.82) is 0 Å². The van der Waals surface area contributed by atoms with Crippen molar-refractivity contribution in [3.05, 3.63) is 48.1 Å². The van der Waals surface area contributed by atoms with Gasteiger partial charge in [0.2, 0.25) is 5.78 Å². The Balaban J connectivity index is 1.60. The van der Waals surface area contributed by atoms with Crippen LogP contribution in [-0.2, 0) is 11.3 Å². The molecule has 0 aliphatic carbocycles. The van der Waals surface area contributed by atoms with Crippen LogP contribution in [-0.4, -0.2) is 30.5 Å². The molecule has 0 saturated heterocycles. The molecule has 0 aromatic carbocycles. The van der Waals surface area contributed by atoms with Crippen molar-refractivity contribution in [3.63, 3.8) is 0 Å². The molecule has 2 unspecified atom stereocenters. The van der Waals surface area contributed by atoms with Gasteiger partial charge in [0.25, 0.3) is 0 Å². The average Bonchev–Trinajstić information content (AvgIpc) is 3.19. The van der Waals surface area contributed by atoms with Crippen LogP contribution in [0.4, 0.5) is 0 Å². The van der Waals surface area contributed by atoms with Crippen LogP contribution in [0.5, 0.6) is 0 Å². The Labute approximate surface area is 141 Å². The molecule has 0 bridgehead atoms. The van der Waals surface area contributed by atoms with Gasteiger partial charge in [0.05, 0.1) is 12.8 Å². The van der Waals surface area contributed by atoms with E-state index >= 15 is 0 Å². The predicted octanol–water partition coefficient (Wildman–Crippen LogP) is 3.31. The van der Waals surface area contributed by atoms with Crippen molar-refractivity contribution in [1.82, 2.24) is 23.9 Å². The zero-order valence-electron chi connectivity index (χ0n) is 14.4. The van der Waals surface area contributed by atoms with Gasteiger partial charge in [0.1, 0.15) is 11.9 Å². The minimum atomic E-state index is 0.0310. The first-order valence-corrected chi connectivity index (χ1v) is 8.60. The standard InChI is InChI=1S/C18H23N5O/c1-12(2)14-10-20-17-16(24-8-7-22(14)17)9-13(3)15-11-21-18-19-5-4-6-23(15)18/h4-6,10-13,16H,7-9H2,1-3H3. The molecule has 0 spiro atoms. The molecule has 4 rings (SSSR count). The lowest BCUT2D eigenvalue weighted by atomic mass is 9.99. The number of hydrogen-bond donors (Lipinski definition) is 0. The van der Waals surface area contributed by atoms with Crippen LogP contribution >= 0.6 is 0 Å². The van der Waals surface area contributed by atoms with Crippen molar-refractivity contribution < 1.29 is 4.74 Å². The van der Waals surface area contributed by atoms with Crippen molar-refractivity contribution in [2.75, 3.05) is 6.61 Å². The molecule has 6 heteroatoms. The van der Waals surface area contributed by atoms with Crippen LogP contribution in [0, 0.1) is 0 Å². The van der Waals surface area contributed by atoms with E-state index in [1.165, 1.54) is 5.69 Å². The Bertz CT molecular complexity index is 850. The third kappa shape index (κ3) is 2.51. The van der Waals surface area contributed by atoms with Crippen LogP contribution in [0.2, 0.25) is 0 Å². The first-order valence-electron chi connectivity index (χ1n) is 8.60. The highest BCUT2D eigenvalue weighted by molar-refractivity contribution is 5.31. The zero-order valence-corrected chi connectivity index (χ0v) is 14.4. The Morgan fingerprint density at radius 3 is 2.83 bits per heavy atom. The van der Waals surface area contributed by atoms with Crippen LogP contribution < -0.4 is 0 Å². The van der Waals surface area contributed by atoms with Gasteiger partial charge in [-0.25, -0.2) is 15.0 Å². The predicted molar refractivity (Wildman–Crippen MR) is 91.0 cm³/mol. The summed E-state index contributed by atoms with van der Waals surface area (Å²) in [5.74, 6) is 2.59. The van der Waals surface area contributed by atoms with E-state index in [2.05, 4.69) is 44.7 Å². The number of fused-ring (bicyclic) bond motifs is 2. The SMILES string of the molecule is CC(C)c1cnc2n1CCOC2CC(C)c1cnc2ncccn12. The molecule has 6 nitrogen and oxygen atoms in total. The zero-order chi connectivity index (χ0) is 16.7. The van der Waals surface area contributed by atoms with E-state index in [4.69, 9.17) is 4.74 Å². The van der Waals surface area contributed by atoms with E-state index in [0.29, 0.717) is 11.8 Å². The fourth-order valence-electron chi connectivity index (χ4n) is 3.55. The van der Waals surface area contributed by atoms with Gasteiger partial charge in [-0.2, -0.15) is 0 Å². The summed E-state index contributed by atoms with van der Waals surface area (Å²) in [5, 5.41) is 0. The highest BCUT2D eigenvalue weighted by atomic mass is 16.5. The second-order valence-electron chi connectivity index (χ2n) is 6.82. The maximum Gasteiger partial charge on any atom is 0.233 e. The van der Waals surface area contributed by atoms with E-state index in [9.17, 15) is 0 Å². The maximum atomic E-state index is 6.05. The summed E-state index contributed by atoms with van der Waals surface area (Å²) in [6.45, 7) is 8.28. The van der Waals surface area contributed by atoms with E-state index in [1.54, 1.807) is 6.20 Å². The number of imidazole rings is 2. The van der Waals surface area contributed by atoms with Gasteiger partial charge in [-0.05, 0) is 18.4 Å². The first kappa shape index (κ1) is 15.3. The van der Waals surface area contributed by atoms with Crippen molar-refractivity contribution >= 4 is 5.78 Å². The molecule has 24 heavy (non-hydrogen) atoms. The van der Waals surface area contributed by atoms with Gasteiger partial charge in [-0.15, -0.1) is 0 Å². The van der Waals surface area contributed by atoms with Crippen LogP contribution in [0.15, 0.2) is 30.9 Å². The van der Waals surface area contributed by atoms with Gasteiger partial charge in [0, 0.05) is 42.4 Å². The molecule has 4 heterocycles. The molecule has 2 atom stereocenters. The second kappa shape index (κ2) is 6.02. The molecular weight excluding hydrogens is 302 g/mol. The quantitative estimate of drug-likeness (QED) is 0.738. The molecule has 0 N–H and O–H groups in total. The van der Waals surface area contributed by atoms with Gasteiger partial charge >= 0.3 is 0 Å². The number of nitrogens with zero attached hydrogens (tertiary/aromatic N) is 5. The van der Waals surface area contributed by atoms with Crippen molar-refractivity contribution in [2.24, 2.45) is 0 Å². The molecule has 0 amide bonds. The maximum absolute atomic E-state index is 6.05. The Kier molecular flexibility index (Phi) is 3.84. The largest absolute Gasteiger partial charge is 0.368 e. The fourth-order valence-corrected chi connectivity index (χ4v) is 3.55. The van der Waals surface area contributed by atoms with Crippen molar-refractivity contribution in [3.8, 4) is 0 Å². The Morgan fingerprint density at radius 1 is 1.17 bits per heavy atom. The topological polar surface area (TPSA) is 57.2 Å². The highest BCUT2D eigenvalue weighted by Crippen LogP contribution is 2.33. The normalized spacial score (nSPS) is 18.9. The smallest absolute Gasteiger partial charge is 0.233 e. The van der Waals surface area contributed by atoms with Gasteiger partial charge in [-0.3, -0.25) is 4.40 Å². The summed E-state index contributed by atoms with van der Waals surface area (Å²) in [5.41, 5.74) is 2.46. The average molecular weight is 325 g/mol. The van der Waals surface area contributed by atoms with Crippen LogP contribution in [0.3, 0.4) is 0 Å². The lowest BCUT2D eigenvalue weighted by molar-refractivity contribution is 0.00725. The van der Waals surface area contributed by atoms with Crippen LogP contribution in [0.1, 0.15) is 62.3 Å². The van der Waals surface area contributed by atoms with E-state index in [1.807, 2.05) is 24.7 Å². The molecular formula is C18H23N5O. The third-order valence-corrected chi connectivity index (χ3v) is 4.82. The lowest BCUT2D eigenvalue weighted by Crippen LogP contribution is -2.24. The Morgan fingerprint density at radius 2 is 2.00 bits per heavy atom. The van der Waals surface area contributed by atoms with Crippen LogP contribution in [0.25, 0.3) is 5.78 Å². The van der Waals surface area contributed by atoms with E-state index < -0.39 is 0 Å². The summed E-state index contributed by atoms with van der Waals surface area (Å²) in [6.07, 6.45) is 8.62. The number of ether oxygens (including phenoxy) is 1. The molecule has 1 aliphatic heterocycles. The summed E-state index contributed by atoms with van der Waals surface area (Å²) in [7, 11) is 0. The molecule has 3 aromatic heterocycles. The number of rotatable bonds is 4. The minimum Gasteiger partial charge on any atom is -0.368 e. The summed E-state index contributed by atoms with van der Waals surface area (Å²) in [6, 6.07) is 1.93. The molecule has 0 radical (unpaired) electrons. The van der Waals surface area contributed by atoms with Gasteiger partial charge in [0.15, 0.2) is 0 Å². The molecule has 1 aliphatic rings. The monoisotopic (exact) mass is 325 g/mol. The van der Waals surface area contributed by atoms with Gasteiger partial charge in [-0.1, -0.05) is 20.8 Å². The minimum absolute atomic E-state index is 0.0310. The number of hydrogen-bond acceptors (Lipinski definition) is 4. The summed E-state index contributed by atoms with van der Waals surface area (Å²) < 4.78 is 10.4. The molecule has 126 valence electrons. The lowest BCUT2D eigenvalue weighted by Gasteiger charge is -2.27. The summed E-state index contributed by atoms with van der Waals surface area (Å²) >= 11 is 0. The molecule has 0 saturated carbocycles. The third-order valence-electron chi connectivity index (χ3n) is 4.82. The van der Waals surface area contributed by atoms with Crippen molar-refractivity contribution in [2.45, 2.75) is 51.7 Å². The first-order chi connectivity index (χ1) is 11.6. The number of aromatic nitrogens is 5. The van der Waals surface area contributed by atoms with E-state index in [-0.39, 0.29) is 6.10 Å². The summed E-state index contributed by atoms with van der Waals surface area (Å²) in [4.78, 5) is 13.3. The highest BCUT2D eigenvalue weighted by Gasteiger charge is 2.28. The molecule has 3 aromatic rings. The fraction of sp³-hybridized carbons (Fsp3) is 0.500. The molecule has 0 fully saturated rings. The second-order valence-corrected chi connectivity index (χ2v) is 6.82. The Hall–Kier alpha value is -2.21. The van der Waals surface area contributed by atoms with E-state index in [0.717, 1.165) is 36.9 Å².